The number of rotatable bonds is 47. The lowest BCUT2D eigenvalue weighted by Crippen LogP contribution is -2.61. The number of allylic oxidation sites excluding steroid dienone is 6. The van der Waals surface area contributed by atoms with Crippen molar-refractivity contribution in [3.63, 3.8) is 0 Å². The van der Waals surface area contributed by atoms with Crippen LogP contribution in [0.2, 0.25) is 0 Å². The third kappa shape index (κ3) is 36.5. The van der Waals surface area contributed by atoms with Gasteiger partial charge in [-0.2, -0.15) is 0 Å². The van der Waals surface area contributed by atoms with Crippen LogP contribution in [-0.4, -0.2) is 89.2 Å². The molecule has 69 heavy (non-hydrogen) atoms. The molecule has 0 amide bonds. The first-order chi connectivity index (χ1) is 33.6. The Kier molecular flexibility index (Phi) is 42.7. The molecule has 1 aliphatic rings. The largest absolute Gasteiger partial charge is 0.479 e. The molecule has 0 bridgehead atoms. The molecule has 6 unspecified atom stereocenters. The van der Waals surface area contributed by atoms with Crippen molar-refractivity contribution in [2.45, 2.75) is 289 Å². The van der Waals surface area contributed by atoms with E-state index in [1.54, 1.807) is 0 Å². The minimum absolute atomic E-state index is 0.0576. The van der Waals surface area contributed by atoms with E-state index in [9.17, 15) is 34.5 Å². The van der Waals surface area contributed by atoms with Gasteiger partial charge in [0, 0.05) is 19.3 Å². The van der Waals surface area contributed by atoms with Crippen LogP contribution in [0.25, 0.3) is 0 Å². The molecular formula is C57H100O12. The summed E-state index contributed by atoms with van der Waals surface area (Å²) in [6, 6.07) is 0. The molecule has 1 aliphatic heterocycles. The van der Waals surface area contributed by atoms with Crippen molar-refractivity contribution in [1.29, 1.82) is 0 Å². The summed E-state index contributed by atoms with van der Waals surface area (Å²) in [5.74, 6) is -3.12. The Hall–Kier alpha value is -3.06. The van der Waals surface area contributed by atoms with Crippen molar-refractivity contribution in [2.24, 2.45) is 0 Å². The number of carbonyl (C=O) groups is 4. The Balaban J connectivity index is 2.64. The minimum Gasteiger partial charge on any atom is -0.479 e. The van der Waals surface area contributed by atoms with Crippen LogP contribution in [0.1, 0.15) is 252 Å². The van der Waals surface area contributed by atoms with Gasteiger partial charge in [0.15, 0.2) is 24.6 Å². The molecule has 0 aromatic carbocycles. The van der Waals surface area contributed by atoms with Crippen LogP contribution < -0.4 is 0 Å². The number of carbonyl (C=O) groups excluding carboxylic acids is 3. The second-order valence-electron chi connectivity index (χ2n) is 19.2. The molecule has 3 N–H and O–H groups in total. The summed E-state index contributed by atoms with van der Waals surface area (Å²) in [7, 11) is 0. The molecule has 1 fully saturated rings. The summed E-state index contributed by atoms with van der Waals surface area (Å²) in [4.78, 5) is 50.8. The maximum atomic E-state index is 13.0. The van der Waals surface area contributed by atoms with Crippen molar-refractivity contribution in [2.75, 3.05) is 13.2 Å². The lowest BCUT2D eigenvalue weighted by atomic mass is 9.98. The third-order valence-corrected chi connectivity index (χ3v) is 12.7. The minimum atomic E-state index is -1.90. The van der Waals surface area contributed by atoms with Gasteiger partial charge in [-0.25, -0.2) is 4.79 Å². The van der Waals surface area contributed by atoms with E-state index in [1.807, 2.05) is 0 Å². The van der Waals surface area contributed by atoms with E-state index in [0.717, 1.165) is 96.3 Å². The topological polar surface area (TPSA) is 175 Å². The molecule has 1 heterocycles. The lowest BCUT2D eigenvalue weighted by molar-refractivity contribution is -0.301. The predicted molar refractivity (Wildman–Crippen MR) is 276 cm³/mol. The van der Waals surface area contributed by atoms with Gasteiger partial charge in [0.05, 0.1) is 6.61 Å². The van der Waals surface area contributed by atoms with Gasteiger partial charge in [0.25, 0.3) is 0 Å². The molecule has 400 valence electrons. The summed E-state index contributed by atoms with van der Waals surface area (Å²) < 4.78 is 28.3. The van der Waals surface area contributed by atoms with E-state index in [1.165, 1.54) is 96.3 Å². The highest BCUT2D eigenvalue weighted by Crippen LogP contribution is 2.26. The van der Waals surface area contributed by atoms with E-state index in [2.05, 4.69) is 57.2 Å². The molecule has 6 atom stereocenters. The highest BCUT2D eigenvalue weighted by molar-refractivity contribution is 5.74. The first kappa shape index (κ1) is 64.0. The van der Waals surface area contributed by atoms with Gasteiger partial charge < -0.3 is 39.0 Å². The third-order valence-electron chi connectivity index (χ3n) is 12.7. The second kappa shape index (κ2) is 46.0. The fourth-order valence-electron chi connectivity index (χ4n) is 8.32. The zero-order chi connectivity index (χ0) is 50.4. The fourth-order valence-corrected chi connectivity index (χ4v) is 8.32. The SMILES string of the molecule is CCCC/C=C\CCCCCCCC(=O)OCC(COC1OC(C(=O)O)C(O)C(O)C1OC(=O)CCCCCCCCCCC/C=C\C/C=C\CCCCC)OC(=O)CCCCCCCCCCC. The van der Waals surface area contributed by atoms with Gasteiger partial charge in [0.1, 0.15) is 18.8 Å². The van der Waals surface area contributed by atoms with Crippen LogP contribution in [-0.2, 0) is 42.9 Å². The number of aliphatic hydroxyl groups is 2. The molecular weight excluding hydrogens is 877 g/mol. The fraction of sp³-hybridized carbons (Fsp3) is 0.825. The van der Waals surface area contributed by atoms with Crippen molar-refractivity contribution < 1.29 is 58.2 Å². The van der Waals surface area contributed by atoms with Gasteiger partial charge in [-0.05, 0) is 70.6 Å². The maximum absolute atomic E-state index is 13.0. The predicted octanol–water partition coefficient (Wildman–Crippen LogP) is 13.7. The molecule has 0 aliphatic carbocycles. The number of hydrogen-bond donors (Lipinski definition) is 3. The lowest BCUT2D eigenvalue weighted by Gasteiger charge is -2.40. The molecule has 0 radical (unpaired) electrons. The van der Waals surface area contributed by atoms with E-state index in [4.69, 9.17) is 23.7 Å². The summed E-state index contributed by atoms with van der Waals surface area (Å²) >= 11 is 0. The van der Waals surface area contributed by atoms with Gasteiger partial charge in [-0.1, -0.05) is 198 Å². The van der Waals surface area contributed by atoms with E-state index < -0.39 is 67.3 Å². The van der Waals surface area contributed by atoms with Crippen molar-refractivity contribution in [1.82, 2.24) is 0 Å². The summed E-state index contributed by atoms with van der Waals surface area (Å²) in [6.45, 7) is 5.89. The van der Waals surface area contributed by atoms with Crippen LogP contribution in [0.15, 0.2) is 36.5 Å². The molecule has 0 saturated carbocycles. The second-order valence-corrected chi connectivity index (χ2v) is 19.2. The van der Waals surface area contributed by atoms with Crippen LogP contribution in [0.4, 0.5) is 0 Å². The zero-order valence-electron chi connectivity index (χ0n) is 43.8. The Morgan fingerprint density at radius 3 is 1.39 bits per heavy atom. The quantitative estimate of drug-likeness (QED) is 0.0228. The van der Waals surface area contributed by atoms with E-state index >= 15 is 0 Å². The molecule has 0 aromatic rings. The van der Waals surface area contributed by atoms with Gasteiger partial charge in [0.2, 0.25) is 0 Å². The Morgan fingerprint density at radius 2 is 0.884 bits per heavy atom. The highest BCUT2D eigenvalue weighted by Gasteiger charge is 2.50. The Labute approximate surface area is 419 Å². The van der Waals surface area contributed by atoms with Crippen LogP contribution in [0.5, 0.6) is 0 Å². The first-order valence-corrected chi connectivity index (χ1v) is 28.0. The Bertz CT molecular complexity index is 1350. The monoisotopic (exact) mass is 977 g/mol. The maximum Gasteiger partial charge on any atom is 0.335 e. The molecule has 1 saturated heterocycles. The number of unbranched alkanes of at least 4 members (excludes halogenated alkanes) is 27. The smallest absolute Gasteiger partial charge is 0.335 e. The van der Waals surface area contributed by atoms with Crippen molar-refractivity contribution in [3.8, 4) is 0 Å². The van der Waals surface area contributed by atoms with Crippen LogP contribution in [0, 0.1) is 0 Å². The number of hydrogen-bond acceptors (Lipinski definition) is 11. The summed E-state index contributed by atoms with van der Waals surface area (Å²) in [6.07, 6.45) is 39.9. The molecule has 0 spiro atoms. The number of ether oxygens (including phenoxy) is 5. The molecule has 0 aromatic heterocycles. The number of carboxylic acid groups (broad SMARTS) is 1. The molecule has 12 heteroatoms. The van der Waals surface area contributed by atoms with E-state index in [0.29, 0.717) is 19.3 Å². The first-order valence-electron chi connectivity index (χ1n) is 28.0. The molecule has 12 nitrogen and oxygen atoms in total. The number of carboxylic acids is 1. The van der Waals surface area contributed by atoms with E-state index in [-0.39, 0.29) is 25.9 Å². The van der Waals surface area contributed by atoms with Crippen molar-refractivity contribution in [3.05, 3.63) is 36.5 Å². The van der Waals surface area contributed by atoms with Gasteiger partial charge in [-0.15, -0.1) is 0 Å². The number of esters is 3. The average Bonchev–Trinajstić information content (AvgIpc) is 3.33. The summed E-state index contributed by atoms with van der Waals surface area (Å²) in [5, 5.41) is 31.4. The van der Waals surface area contributed by atoms with Crippen molar-refractivity contribution >= 4 is 23.9 Å². The van der Waals surface area contributed by atoms with Gasteiger partial charge >= 0.3 is 23.9 Å². The number of aliphatic carboxylic acids is 1. The number of aliphatic hydroxyl groups excluding tert-OH is 2. The van der Waals surface area contributed by atoms with Crippen LogP contribution in [0.3, 0.4) is 0 Å². The summed E-state index contributed by atoms with van der Waals surface area (Å²) in [5.41, 5.74) is 0. The Morgan fingerprint density at radius 1 is 0.478 bits per heavy atom. The van der Waals surface area contributed by atoms with Gasteiger partial charge in [-0.3, -0.25) is 14.4 Å². The average molecular weight is 977 g/mol. The zero-order valence-corrected chi connectivity index (χ0v) is 43.8. The van der Waals surface area contributed by atoms with Crippen LogP contribution >= 0.6 is 0 Å². The molecule has 1 rings (SSSR count). The highest BCUT2D eigenvalue weighted by atomic mass is 16.7. The normalized spacial score (nSPS) is 18.9. The standard InChI is InChI=1S/C57H100O12/c1-4-7-10-13-16-19-21-22-23-24-25-26-27-28-30-33-36-39-42-45-51(60)68-55-53(62)52(61)54(56(63)64)69-57(55)66-47-48(67-50(59)44-41-38-35-31-18-15-12-9-6-3)46-65-49(58)43-40-37-34-32-29-20-17-14-11-8-5-2/h14,16-17,19,22-23,48,52-55,57,61-62H,4-13,15,18,20-21,24-47H2,1-3H3,(H,63,64)/b17-14-,19-16-,23-22-.